The average molecular weight is 601 g/mol. The molecule has 1 aromatic heterocycles. The van der Waals surface area contributed by atoms with Gasteiger partial charge in [-0.05, 0) is 47.0 Å². The summed E-state index contributed by atoms with van der Waals surface area (Å²) in [4.78, 5) is 42.6. The molecule has 44 heavy (non-hydrogen) atoms. The van der Waals surface area contributed by atoms with Crippen molar-refractivity contribution in [2.75, 3.05) is 37.4 Å². The van der Waals surface area contributed by atoms with E-state index in [1.165, 1.54) is 11.0 Å². The van der Waals surface area contributed by atoms with E-state index in [0.29, 0.717) is 29.2 Å². The van der Waals surface area contributed by atoms with Crippen LogP contribution in [0.5, 0.6) is 5.75 Å². The first-order valence-corrected chi connectivity index (χ1v) is 14.4. The molecule has 0 unspecified atom stereocenters. The van der Waals surface area contributed by atoms with Crippen LogP contribution in [0.3, 0.4) is 0 Å². The molecule has 0 spiro atoms. The van der Waals surface area contributed by atoms with Gasteiger partial charge in [-0.3, -0.25) is 9.59 Å². The van der Waals surface area contributed by atoms with Gasteiger partial charge in [-0.1, -0.05) is 43.3 Å². The second-order valence-corrected chi connectivity index (χ2v) is 11.1. The van der Waals surface area contributed by atoms with Crippen LogP contribution in [0.2, 0.25) is 0 Å². The number of nitrogens with one attached hydrogen (secondary N) is 2. The van der Waals surface area contributed by atoms with Crippen molar-refractivity contribution < 1.29 is 24.2 Å². The summed E-state index contributed by atoms with van der Waals surface area (Å²) in [6.07, 6.45) is 0.859. The summed E-state index contributed by atoms with van der Waals surface area (Å²) in [6, 6.07) is 18.0. The number of ether oxygens (including phenoxy) is 1. The highest BCUT2D eigenvalue weighted by Crippen LogP contribution is 2.30. The third-order valence-corrected chi connectivity index (χ3v) is 7.73. The number of hydrogen-bond acceptors (Lipinski definition) is 8. The molecule has 0 bridgehead atoms. The number of nitrogens with zero attached hydrogens (tertiary/aromatic N) is 6. The number of amides is 4. The van der Waals surface area contributed by atoms with Crippen molar-refractivity contribution >= 4 is 40.0 Å². The number of aliphatic hydroxyl groups is 1. The summed E-state index contributed by atoms with van der Waals surface area (Å²) in [5.41, 5.74) is 1.76. The van der Waals surface area contributed by atoms with Crippen LogP contribution < -0.4 is 15.4 Å². The number of benzene rings is 3. The number of aromatic nitrogens is 4. The molecule has 4 aromatic rings. The molecule has 4 amide bonds. The highest BCUT2D eigenvalue weighted by atomic mass is 16.5. The number of anilines is 2. The SMILES string of the molecule is C[C@H]1CN([C@@H](C)CO)C(=O)Cc2cc(NC(=O)Cn3cnnn3)ccc2O[C@H]1CN(C)C(=O)Nc1cccc2ccccc12. The Morgan fingerprint density at radius 1 is 1.14 bits per heavy atom. The fourth-order valence-corrected chi connectivity index (χ4v) is 5.22. The Bertz CT molecular complexity index is 1620. The first kappa shape index (κ1) is 30.4. The number of aliphatic hydroxyl groups excluding tert-OH is 1. The molecule has 0 radical (unpaired) electrons. The maximum Gasteiger partial charge on any atom is 0.321 e. The molecular weight excluding hydrogens is 564 g/mol. The van der Waals surface area contributed by atoms with E-state index in [4.69, 9.17) is 4.74 Å². The minimum Gasteiger partial charge on any atom is -0.488 e. The highest BCUT2D eigenvalue weighted by molar-refractivity contribution is 6.01. The van der Waals surface area contributed by atoms with Gasteiger partial charge < -0.3 is 30.3 Å². The highest BCUT2D eigenvalue weighted by Gasteiger charge is 2.32. The second-order valence-electron chi connectivity index (χ2n) is 11.1. The molecule has 230 valence electrons. The molecule has 0 fully saturated rings. The predicted molar refractivity (Wildman–Crippen MR) is 164 cm³/mol. The minimum absolute atomic E-state index is 0.00717. The topological polar surface area (TPSA) is 155 Å². The summed E-state index contributed by atoms with van der Waals surface area (Å²) in [5.74, 6) is -0.228. The van der Waals surface area contributed by atoms with E-state index in [2.05, 4.69) is 26.2 Å². The van der Waals surface area contributed by atoms with Crippen molar-refractivity contribution in [3.8, 4) is 5.75 Å². The van der Waals surface area contributed by atoms with Crippen molar-refractivity contribution in [1.82, 2.24) is 30.0 Å². The number of rotatable bonds is 8. The molecule has 0 saturated heterocycles. The standard InChI is InChI=1S/C31H36N8O5/c1-20-15-39(21(2)18-40)30(42)14-23-13-24(33-29(41)17-38-19-32-35-36-38)11-12-27(23)44-28(20)16-37(3)31(43)34-26-10-6-8-22-7-4-5-9-25(22)26/h4-13,19-21,28,40H,14-18H2,1-3H3,(H,33,41)(H,34,43)/t20-,21-,28-/m0/s1. The predicted octanol–water partition coefficient (Wildman–Crippen LogP) is 2.78. The zero-order chi connectivity index (χ0) is 31.2. The van der Waals surface area contributed by atoms with Crippen LogP contribution in [-0.4, -0.2) is 91.8 Å². The number of urea groups is 1. The normalized spacial score (nSPS) is 17.5. The Morgan fingerprint density at radius 3 is 2.70 bits per heavy atom. The Balaban J connectivity index is 1.37. The summed E-state index contributed by atoms with van der Waals surface area (Å²) >= 11 is 0. The number of likely N-dealkylation sites (N-methyl/N-ethyl adjacent to an activating group) is 1. The molecule has 2 heterocycles. The van der Waals surface area contributed by atoms with Gasteiger partial charge in [0.2, 0.25) is 11.8 Å². The van der Waals surface area contributed by atoms with Crippen LogP contribution in [0, 0.1) is 5.92 Å². The van der Waals surface area contributed by atoms with E-state index in [1.54, 1.807) is 42.0 Å². The number of tetrazole rings is 1. The van der Waals surface area contributed by atoms with Crippen LogP contribution >= 0.6 is 0 Å². The van der Waals surface area contributed by atoms with E-state index in [-0.39, 0.29) is 49.9 Å². The molecule has 1 aliphatic rings. The van der Waals surface area contributed by atoms with Crippen LogP contribution in [0.4, 0.5) is 16.2 Å². The maximum absolute atomic E-state index is 13.5. The smallest absolute Gasteiger partial charge is 0.321 e. The molecule has 0 aliphatic carbocycles. The van der Waals surface area contributed by atoms with Gasteiger partial charge in [0, 0.05) is 36.1 Å². The van der Waals surface area contributed by atoms with Gasteiger partial charge >= 0.3 is 6.03 Å². The maximum atomic E-state index is 13.5. The first-order chi connectivity index (χ1) is 21.2. The quantitative estimate of drug-likeness (QED) is 0.279. The van der Waals surface area contributed by atoms with Gasteiger partial charge in [0.05, 0.1) is 31.3 Å². The van der Waals surface area contributed by atoms with Gasteiger partial charge in [-0.2, -0.15) is 0 Å². The second kappa shape index (κ2) is 13.5. The molecule has 1 aliphatic heterocycles. The van der Waals surface area contributed by atoms with Crippen molar-refractivity contribution in [2.45, 2.75) is 39.0 Å². The van der Waals surface area contributed by atoms with Gasteiger partial charge in [-0.25, -0.2) is 9.48 Å². The lowest BCUT2D eigenvalue weighted by molar-refractivity contribution is -0.134. The van der Waals surface area contributed by atoms with Crippen molar-refractivity contribution in [3.63, 3.8) is 0 Å². The minimum atomic E-state index is -0.489. The van der Waals surface area contributed by atoms with Crippen LogP contribution in [0.1, 0.15) is 19.4 Å². The Morgan fingerprint density at radius 2 is 1.93 bits per heavy atom. The lowest BCUT2D eigenvalue weighted by Gasteiger charge is -2.34. The van der Waals surface area contributed by atoms with Crippen LogP contribution in [-0.2, 0) is 22.6 Å². The number of fused-ring (bicyclic) bond motifs is 2. The molecule has 13 nitrogen and oxygen atoms in total. The van der Waals surface area contributed by atoms with Crippen LogP contribution in [0.25, 0.3) is 10.8 Å². The Kier molecular flexibility index (Phi) is 9.34. The molecule has 13 heteroatoms. The molecule has 0 saturated carbocycles. The monoisotopic (exact) mass is 600 g/mol. The third-order valence-electron chi connectivity index (χ3n) is 7.73. The third kappa shape index (κ3) is 7.11. The zero-order valence-corrected chi connectivity index (χ0v) is 24.9. The van der Waals surface area contributed by atoms with Crippen molar-refractivity contribution in [2.24, 2.45) is 5.92 Å². The average Bonchev–Trinajstić information content (AvgIpc) is 3.53. The van der Waals surface area contributed by atoms with Gasteiger partial charge in [0.25, 0.3) is 0 Å². The summed E-state index contributed by atoms with van der Waals surface area (Å²) in [7, 11) is 1.70. The van der Waals surface area contributed by atoms with E-state index in [9.17, 15) is 19.5 Å². The van der Waals surface area contributed by atoms with Gasteiger partial charge in [0.1, 0.15) is 24.7 Å². The molecule has 3 N–H and O–H groups in total. The molecule has 3 atom stereocenters. The zero-order valence-electron chi connectivity index (χ0n) is 24.9. The molecule has 3 aromatic carbocycles. The molecule has 5 rings (SSSR count). The van der Waals surface area contributed by atoms with E-state index in [1.807, 2.05) is 49.4 Å². The fourth-order valence-electron chi connectivity index (χ4n) is 5.22. The number of carbonyl (C=O) groups excluding carboxylic acids is 3. The van der Waals surface area contributed by atoms with Crippen molar-refractivity contribution in [3.05, 3.63) is 72.6 Å². The number of hydrogen-bond donors (Lipinski definition) is 3. The molecular formula is C31H36N8O5. The lowest BCUT2D eigenvalue weighted by atomic mass is 10.0. The Hall–Kier alpha value is -5.04. The summed E-state index contributed by atoms with van der Waals surface area (Å²) < 4.78 is 7.82. The van der Waals surface area contributed by atoms with E-state index >= 15 is 0 Å². The Labute approximate surface area is 254 Å². The largest absolute Gasteiger partial charge is 0.488 e. The van der Waals surface area contributed by atoms with Gasteiger partial charge in [0.15, 0.2) is 0 Å². The summed E-state index contributed by atoms with van der Waals surface area (Å²) in [6.45, 7) is 4.04. The fraction of sp³-hybridized carbons (Fsp3) is 0.355. The first-order valence-electron chi connectivity index (χ1n) is 14.4. The van der Waals surface area contributed by atoms with Crippen LogP contribution in [0.15, 0.2) is 67.0 Å². The van der Waals surface area contributed by atoms with Crippen molar-refractivity contribution in [1.29, 1.82) is 0 Å². The lowest BCUT2D eigenvalue weighted by Crippen LogP contribution is -2.48. The number of carbonyl (C=O) groups is 3. The summed E-state index contributed by atoms with van der Waals surface area (Å²) in [5, 5.41) is 28.5. The van der Waals surface area contributed by atoms with Gasteiger partial charge in [-0.15, -0.1) is 5.10 Å². The van der Waals surface area contributed by atoms with E-state index < -0.39 is 12.1 Å². The van der Waals surface area contributed by atoms with E-state index in [0.717, 1.165) is 10.8 Å².